The Labute approximate surface area is 184 Å². The molecule has 7 nitrogen and oxygen atoms in total. The van der Waals surface area contributed by atoms with Crippen LogP contribution in [0.5, 0.6) is 5.75 Å². The topological polar surface area (TPSA) is 81.4 Å². The van der Waals surface area contributed by atoms with Crippen molar-refractivity contribution in [2.45, 2.75) is 25.5 Å². The fourth-order valence-corrected chi connectivity index (χ4v) is 3.62. The number of methoxy groups -OCH3 is 1. The van der Waals surface area contributed by atoms with Crippen LogP contribution in [0.4, 0.5) is 0 Å². The first kappa shape index (κ1) is 21.9. The van der Waals surface area contributed by atoms with Crippen LogP contribution in [0.3, 0.4) is 0 Å². The van der Waals surface area contributed by atoms with Crippen molar-refractivity contribution in [3.05, 3.63) is 59.1 Å². The third-order valence-electron chi connectivity index (χ3n) is 4.32. The molecule has 3 aromatic rings. The van der Waals surface area contributed by atoms with Crippen LogP contribution in [0, 0.1) is 0 Å². The Kier molecular flexibility index (Phi) is 7.48. The third-order valence-corrected chi connectivity index (χ3v) is 5.54. The van der Waals surface area contributed by atoms with E-state index in [9.17, 15) is 4.79 Å². The molecule has 0 fully saturated rings. The minimum Gasteiger partial charge on any atom is -0.497 e. The van der Waals surface area contributed by atoms with Crippen molar-refractivity contribution in [1.82, 2.24) is 20.2 Å². The summed E-state index contributed by atoms with van der Waals surface area (Å²) in [5, 5.41) is 14.0. The normalized spacial score (nSPS) is 11.4. The number of amides is 1. The second kappa shape index (κ2) is 10.3. The zero-order valence-corrected chi connectivity index (χ0v) is 18.5. The molecule has 0 spiro atoms. The molecule has 9 heteroatoms. The SMILES string of the molecule is CCn1c(SCC(=O)NN=C(C)c2ccc(OC)cc2)nnc1-c1ccc(Cl)cc1. The maximum atomic E-state index is 12.2. The standard InChI is InChI=1S/C21H22ClN5O2S/c1-4-27-20(16-5-9-17(22)10-6-16)25-26-21(27)30-13-19(28)24-23-14(2)15-7-11-18(29-3)12-8-15/h5-12H,4,13H2,1-3H3,(H,24,28). The van der Waals surface area contributed by atoms with Gasteiger partial charge in [-0.3, -0.25) is 4.79 Å². The molecule has 3 rings (SSSR count). The molecule has 0 unspecified atom stereocenters. The van der Waals surface area contributed by atoms with E-state index in [1.807, 2.05) is 66.9 Å². The number of aromatic nitrogens is 3. The summed E-state index contributed by atoms with van der Waals surface area (Å²) in [6.45, 7) is 4.53. The smallest absolute Gasteiger partial charge is 0.250 e. The molecule has 0 bridgehead atoms. The fourth-order valence-electron chi connectivity index (χ4n) is 2.70. The maximum Gasteiger partial charge on any atom is 0.250 e. The molecule has 2 aromatic carbocycles. The summed E-state index contributed by atoms with van der Waals surface area (Å²) in [6, 6.07) is 14.9. The number of thioether (sulfide) groups is 1. The highest BCUT2D eigenvalue weighted by Gasteiger charge is 2.14. The summed E-state index contributed by atoms with van der Waals surface area (Å²) in [5.41, 5.74) is 5.12. The van der Waals surface area contributed by atoms with Gasteiger partial charge in [0.1, 0.15) is 5.75 Å². The lowest BCUT2D eigenvalue weighted by Gasteiger charge is -2.07. The van der Waals surface area contributed by atoms with Crippen LogP contribution < -0.4 is 10.2 Å². The molecule has 156 valence electrons. The number of nitrogens with zero attached hydrogens (tertiary/aromatic N) is 4. The van der Waals surface area contributed by atoms with Crippen LogP contribution in [0.1, 0.15) is 19.4 Å². The van der Waals surface area contributed by atoms with Gasteiger partial charge >= 0.3 is 0 Å². The monoisotopic (exact) mass is 443 g/mol. The Bertz CT molecular complexity index is 1030. The number of rotatable bonds is 8. The number of benzene rings is 2. The van der Waals surface area contributed by atoms with Gasteiger partial charge in [-0.2, -0.15) is 5.10 Å². The highest BCUT2D eigenvalue weighted by molar-refractivity contribution is 7.99. The predicted molar refractivity (Wildman–Crippen MR) is 120 cm³/mol. The molecule has 0 atom stereocenters. The zero-order valence-electron chi connectivity index (χ0n) is 16.9. The molecular formula is C21H22ClN5O2S. The number of hydrogen-bond donors (Lipinski definition) is 1. The van der Waals surface area contributed by atoms with Crippen LogP contribution in [0.2, 0.25) is 5.02 Å². The number of carbonyl (C=O) groups excluding carboxylic acids is 1. The number of carbonyl (C=O) groups is 1. The largest absolute Gasteiger partial charge is 0.497 e. The van der Waals surface area contributed by atoms with E-state index in [1.165, 1.54) is 11.8 Å². The van der Waals surface area contributed by atoms with Gasteiger partial charge in [-0.05, 0) is 67.9 Å². The molecule has 0 saturated heterocycles. The lowest BCUT2D eigenvalue weighted by atomic mass is 10.1. The van der Waals surface area contributed by atoms with Gasteiger partial charge in [0, 0.05) is 17.1 Å². The van der Waals surface area contributed by atoms with Gasteiger partial charge in [-0.15, -0.1) is 10.2 Å². The molecule has 0 aliphatic carbocycles. The number of nitrogens with one attached hydrogen (secondary N) is 1. The average Bonchev–Trinajstić information content (AvgIpc) is 3.19. The summed E-state index contributed by atoms with van der Waals surface area (Å²) in [5.74, 6) is 1.47. The van der Waals surface area contributed by atoms with E-state index in [0.717, 1.165) is 22.7 Å². The Morgan fingerprint density at radius 2 is 1.87 bits per heavy atom. The van der Waals surface area contributed by atoms with E-state index in [4.69, 9.17) is 16.3 Å². The van der Waals surface area contributed by atoms with Gasteiger partial charge < -0.3 is 9.30 Å². The molecule has 1 aromatic heterocycles. The number of hydrogen-bond acceptors (Lipinski definition) is 6. The Morgan fingerprint density at radius 3 is 2.50 bits per heavy atom. The van der Waals surface area contributed by atoms with E-state index in [1.54, 1.807) is 7.11 Å². The molecule has 1 N–H and O–H groups in total. The van der Waals surface area contributed by atoms with Crippen molar-refractivity contribution in [3.63, 3.8) is 0 Å². The van der Waals surface area contributed by atoms with Crippen molar-refractivity contribution in [2.24, 2.45) is 5.10 Å². The van der Waals surface area contributed by atoms with E-state index in [-0.39, 0.29) is 11.7 Å². The summed E-state index contributed by atoms with van der Waals surface area (Å²) < 4.78 is 7.11. The lowest BCUT2D eigenvalue weighted by Crippen LogP contribution is -2.21. The number of hydrazone groups is 1. The fraction of sp³-hybridized carbons (Fsp3) is 0.238. The molecule has 0 aliphatic rings. The highest BCUT2D eigenvalue weighted by Crippen LogP contribution is 2.25. The molecule has 0 saturated carbocycles. The van der Waals surface area contributed by atoms with Crippen molar-refractivity contribution in [1.29, 1.82) is 0 Å². The molecule has 0 aliphatic heterocycles. The summed E-state index contributed by atoms with van der Waals surface area (Å²) in [6.07, 6.45) is 0. The Hall–Kier alpha value is -2.84. The average molecular weight is 444 g/mol. The van der Waals surface area contributed by atoms with E-state index >= 15 is 0 Å². The van der Waals surface area contributed by atoms with Gasteiger partial charge in [0.2, 0.25) is 0 Å². The first-order valence-corrected chi connectivity index (χ1v) is 10.7. The molecule has 0 radical (unpaired) electrons. The summed E-state index contributed by atoms with van der Waals surface area (Å²) >= 11 is 7.28. The Morgan fingerprint density at radius 1 is 1.17 bits per heavy atom. The van der Waals surface area contributed by atoms with Crippen LogP contribution >= 0.6 is 23.4 Å². The van der Waals surface area contributed by atoms with Crippen molar-refractivity contribution >= 4 is 35.0 Å². The van der Waals surface area contributed by atoms with Gasteiger partial charge in [-0.25, -0.2) is 5.43 Å². The third kappa shape index (κ3) is 5.40. The predicted octanol–water partition coefficient (Wildman–Crippen LogP) is 4.26. The van der Waals surface area contributed by atoms with Crippen LogP contribution in [-0.4, -0.2) is 39.2 Å². The van der Waals surface area contributed by atoms with Gasteiger partial charge in [0.05, 0.1) is 18.6 Å². The second-order valence-corrected chi connectivity index (χ2v) is 7.69. The molecule has 30 heavy (non-hydrogen) atoms. The van der Waals surface area contributed by atoms with Crippen molar-refractivity contribution < 1.29 is 9.53 Å². The molecule has 1 amide bonds. The van der Waals surface area contributed by atoms with Crippen LogP contribution in [0.15, 0.2) is 58.8 Å². The second-order valence-electron chi connectivity index (χ2n) is 6.31. The lowest BCUT2D eigenvalue weighted by molar-refractivity contribution is -0.118. The molecule has 1 heterocycles. The van der Waals surface area contributed by atoms with Crippen LogP contribution in [0.25, 0.3) is 11.4 Å². The minimum absolute atomic E-state index is 0.179. The quantitative estimate of drug-likeness (QED) is 0.319. The zero-order chi connectivity index (χ0) is 21.5. The van der Waals surface area contributed by atoms with E-state index < -0.39 is 0 Å². The highest BCUT2D eigenvalue weighted by atomic mass is 35.5. The summed E-state index contributed by atoms with van der Waals surface area (Å²) in [4.78, 5) is 12.2. The summed E-state index contributed by atoms with van der Waals surface area (Å²) in [7, 11) is 1.62. The molecular weight excluding hydrogens is 422 g/mol. The number of halogens is 1. The first-order chi connectivity index (χ1) is 14.5. The van der Waals surface area contributed by atoms with Crippen LogP contribution in [-0.2, 0) is 11.3 Å². The maximum absolute atomic E-state index is 12.2. The van der Waals surface area contributed by atoms with Crippen molar-refractivity contribution in [3.8, 4) is 17.1 Å². The van der Waals surface area contributed by atoms with Crippen molar-refractivity contribution in [2.75, 3.05) is 12.9 Å². The van der Waals surface area contributed by atoms with Gasteiger partial charge in [-0.1, -0.05) is 23.4 Å². The van der Waals surface area contributed by atoms with E-state index in [2.05, 4.69) is 20.7 Å². The first-order valence-electron chi connectivity index (χ1n) is 9.31. The van der Waals surface area contributed by atoms with Gasteiger partial charge in [0.15, 0.2) is 11.0 Å². The minimum atomic E-state index is -0.216. The van der Waals surface area contributed by atoms with E-state index in [0.29, 0.717) is 22.4 Å². The number of ether oxygens (including phenoxy) is 1. The Balaban J connectivity index is 1.61. The van der Waals surface area contributed by atoms with Gasteiger partial charge in [0.25, 0.3) is 5.91 Å².